The molecule has 1 aromatic carbocycles. The fraction of sp³-hybridized carbons (Fsp3) is 0.333. The van der Waals surface area contributed by atoms with Crippen molar-refractivity contribution in [3.63, 3.8) is 0 Å². The quantitative estimate of drug-likeness (QED) is 0.369. The van der Waals surface area contributed by atoms with Crippen molar-refractivity contribution in [1.29, 1.82) is 0 Å². The van der Waals surface area contributed by atoms with E-state index in [0.717, 1.165) is 5.52 Å². The standard InChI is InChI=1S/C21H24N4O5S/c1-7-30-20(28)15-11(2)23(3)13-8-9-14(29-6)17(16(13)15)22-10-12-18(26)24(4)21(31)25(5)19(12)27/h8-10,26H,7H2,1-6H3. The third kappa shape index (κ3) is 3.52. The summed E-state index contributed by atoms with van der Waals surface area (Å²) in [7, 11) is 6.39. The van der Waals surface area contributed by atoms with E-state index in [4.69, 9.17) is 21.7 Å². The number of hydrogen-bond acceptors (Lipinski definition) is 7. The van der Waals surface area contributed by atoms with E-state index in [0.29, 0.717) is 28.1 Å². The van der Waals surface area contributed by atoms with Crippen molar-refractivity contribution in [1.82, 2.24) is 13.7 Å². The molecule has 0 radical (unpaired) electrons. The van der Waals surface area contributed by atoms with E-state index in [2.05, 4.69) is 4.99 Å². The number of fused-ring (bicyclic) bond motifs is 1. The number of aliphatic imine (C=N–C) groups is 1. The minimum atomic E-state index is -0.495. The minimum absolute atomic E-state index is 0.0389. The summed E-state index contributed by atoms with van der Waals surface area (Å²) in [6, 6.07) is 3.55. The zero-order valence-electron chi connectivity index (χ0n) is 18.2. The molecule has 0 aliphatic rings. The molecule has 0 aliphatic heterocycles. The number of rotatable bonds is 5. The molecule has 0 amide bonds. The number of aryl methyl sites for hydroxylation is 1. The number of aromatic hydroxyl groups is 1. The monoisotopic (exact) mass is 444 g/mol. The van der Waals surface area contributed by atoms with Gasteiger partial charge in [-0.2, -0.15) is 0 Å². The molecule has 1 N–H and O–H groups in total. The van der Waals surface area contributed by atoms with Gasteiger partial charge in [0.05, 0.1) is 24.8 Å². The van der Waals surface area contributed by atoms with Crippen LogP contribution >= 0.6 is 12.2 Å². The van der Waals surface area contributed by atoms with E-state index in [1.807, 2.05) is 24.6 Å². The van der Waals surface area contributed by atoms with Crippen LogP contribution in [0.4, 0.5) is 5.69 Å². The van der Waals surface area contributed by atoms with E-state index in [-0.39, 0.29) is 22.8 Å². The summed E-state index contributed by atoms with van der Waals surface area (Å²) in [5.41, 5.74) is 1.64. The summed E-state index contributed by atoms with van der Waals surface area (Å²) in [5.74, 6) is -0.380. The van der Waals surface area contributed by atoms with Crippen LogP contribution in [0.5, 0.6) is 11.6 Å². The predicted octanol–water partition coefficient (Wildman–Crippen LogP) is 2.89. The Hall–Kier alpha value is -3.40. The average molecular weight is 445 g/mol. The summed E-state index contributed by atoms with van der Waals surface area (Å²) >= 11 is 5.14. The zero-order chi connectivity index (χ0) is 23.0. The van der Waals surface area contributed by atoms with Crippen LogP contribution in [0, 0.1) is 11.7 Å². The molecule has 0 atom stereocenters. The van der Waals surface area contributed by atoms with Gasteiger partial charge in [0.15, 0.2) is 4.77 Å². The molecule has 0 saturated carbocycles. The maximum atomic E-state index is 12.7. The third-order valence-corrected chi connectivity index (χ3v) is 5.83. The molecule has 0 unspecified atom stereocenters. The molecule has 9 nitrogen and oxygen atoms in total. The summed E-state index contributed by atoms with van der Waals surface area (Å²) < 4.78 is 15.3. The highest BCUT2D eigenvalue weighted by Gasteiger charge is 2.24. The summed E-state index contributed by atoms with van der Waals surface area (Å²) in [6.45, 7) is 3.78. The molecule has 0 bridgehead atoms. The second-order valence-corrected chi connectivity index (χ2v) is 7.32. The molecule has 0 spiro atoms. The van der Waals surface area contributed by atoms with E-state index >= 15 is 0 Å². The molecular formula is C21H24N4O5S. The number of esters is 1. The smallest absolute Gasteiger partial charge is 0.340 e. The zero-order valence-corrected chi connectivity index (χ0v) is 19.0. The van der Waals surface area contributed by atoms with Gasteiger partial charge in [-0.1, -0.05) is 0 Å². The van der Waals surface area contributed by atoms with Gasteiger partial charge in [0.1, 0.15) is 17.0 Å². The van der Waals surface area contributed by atoms with Crippen molar-refractivity contribution < 1.29 is 19.4 Å². The van der Waals surface area contributed by atoms with Gasteiger partial charge >= 0.3 is 5.97 Å². The maximum Gasteiger partial charge on any atom is 0.340 e. The van der Waals surface area contributed by atoms with Gasteiger partial charge in [0.25, 0.3) is 5.56 Å². The van der Waals surface area contributed by atoms with Crippen LogP contribution in [0.15, 0.2) is 21.9 Å². The molecule has 0 fully saturated rings. The molecule has 10 heteroatoms. The second-order valence-electron chi connectivity index (χ2n) is 6.95. The van der Waals surface area contributed by atoms with Crippen molar-refractivity contribution in [3.05, 3.63) is 44.1 Å². The molecule has 164 valence electrons. The third-order valence-electron chi connectivity index (χ3n) is 5.28. The van der Waals surface area contributed by atoms with E-state index in [1.54, 1.807) is 20.0 Å². The highest BCUT2D eigenvalue weighted by atomic mass is 32.1. The molecule has 2 aromatic heterocycles. The van der Waals surface area contributed by atoms with Crippen molar-refractivity contribution in [2.75, 3.05) is 13.7 Å². The first-order valence-corrected chi connectivity index (χ1v) is 9.92. The van der Waals surface area contributed by atoms with Gasteiger partial charge in [0.2, 0.25) is 5.88 Å². The number of aromatic nitrogens is 3. The fourth-order valence-electron chi connectivity index (χ4n) is 3.46. The lowest BCUT2D eigenvalue weighted by Crippen LogP contribution is -2.25. The van der Waals surface area contributed by atoms with Gasteiger partial charge < -0.3 is 19.1 Å². The molecule has 31 heavy (non-hydrogen) atoms. The van der Waals surface area contributed by atoms with Crippen LogP contribution in [0.25, 0.3) is 10.9 Å². The molecule has 2 heterocycles. The lowest BCUT2D eigenvalue weighted by atomic mass is 10.1. The largest absolute Gasteiger partial charge is 0.494 e. The Labute approximate surface area is 183 Å². The summed E-state index contributed by atoms with van der Waals surface area (Å²) in [6.07, 6.45) is 1.25. The first-order chi connectivity index (χ1) is 14.6. The maximum absolute atomic E-state index is 12.7. The number of carbonyl (C=O) groups is 1. The molecule has 3 rings (SSSR count). The second kappa shape index (κ2) is 8.38. The normalized spacial score (nSPS) is 11.4. The van der Waals surface area contributed by atoms with E-state index in [9.17, 15) is 14.7 Å². The van der Waals surface area contributed by atoms with Gasteiger partial charge in [-0.05, 0) is 38.2 Å². The Morgan fingerprint density at radius 1 is 1.23 bits per heavy atom. The van der Waals surface area contributed by atoms with Gasteiger partial charge in [-0.15, -0.1) is 0 Å². The Bertz CT molecular complexity index is 1350. The number of hydrogen-bond donors (Lipinski definition) is 1. The predicted molar refractivity (Wildman–Crippen MR) is 121 cm³/mol. The Balaban J connectivity index is 2.36. The number of benzene rings is 1. The van der Waals surface area contributed by atoms with Gasteiger partial charge in [-0.25, -0.2) is 4.79 Å². The topological polar surface area (TPSA) is 100.0 Å². The Morgan fingerprint density at radius 2 is 1.90 bits per heavy atom. The van der Waals surface area contributed by atoms with Crippen LogP contribution in [0.2, 0.25) is 0 Å². The first-order valence-electron chi connectivity index (χ1n) is 9.51. The van der Waals surface area contributed by atoms with Gasteiger partial charge in [-0.3, -0.25) is 18.9 Å². The van der Waals surface area contributed by atoms with E-state index < -0.39 is 11.5 Å². The van der Waals surface area contributed by atoms with Crippen molar-refractivity contribution in [2.24, 2.45) is 26.1 Å². The lowest BCUT2D eigenvalue weighted by Gasteiger charge is -2.10. The van der Waals surface area contributed by atoms with Crippen LogP contribution in [0.3, 0.4) is 0 Å². The minimum Gasteiger partial charge on any atom is -0.494 e. The SMILES string of the molecule is CCOC(=O)c1c(C)n(C)c2ccc(OC)c(N=Cc3c(O)n(C)c(=S)n(C)c3=O)c12. The van der Waals surface area contributed by atoms with Crippen LogP contribution < -0.4 is 10.3 Å². The highest BCUT2D eigenvalue weighted by molar-refractivity contribution is 7.71. The van der Waals surface area contributed by atoms with E-state index in [1.165, 1.54) is 29.5 Å². The van der Waals surface area contributed by atoms with Crippen LogP contribution in [-0.2, 0) is 25.9 Å². The first kappa shape index (κ1) is 22.3. The van der Waals surface area contributed by atoms with Crippen molar-refractivity contribution >= 4 is 41.0 Å². The summed E-state index contributed by atoms with van der Waals surface area (Å²) in [4.78, 5) is 29.8. The molecule has 0 aliphatic carbocycles. The number of nitrogens with zero attached hydrogens (tertiary/aromatic N) is 4. The number of ether oxygens (including phenoxy) is 2. The number of carbonyl (C=O) groups excluding carboxylic acids is 1. The van der Waals surface area contributed by atoms with Crippen molar-refractivity contribution in [2.45, 2.75) is 13.8 Å². The van der Waals surface area contributed by atoms with Crippen LogP contribution in [-0.4, -0.2) is 44.7 Å². The number of methoxy groups -OCH3 is 1. The Kier molecular flexibility index (Phi) is 6.03. The highest BCUT2D eigenvalue weighted by Crippen LogP contribution is 2.40. The average Bonchev–Trinajstić information content (AvgIpc) is 3.01. The van der Waals surface area contributed by atoms with Gasteiger partial charge in [0, 0.05) is 38.4 Å². The lowest BCUT2D eigenvalue weighted by molar-refractivity contribution is 0.0527. The molecular weight excluding hydrogens is 420 g/mol. The van der Waals surface area contributed by atoms with Crippen LogP contribution in [0.1, 0.15) is 28.5 Å². The van der Waals surface area contributed by atoms with Crippen molar-refractivity contribution in [3.8, 4) is 11.6 Å². The molecule has 0 saturated heterocycles. The Morgan fingerprint density at radius 3 is 2.52 bits per heavy atom. The summed E-state index contributed by atoms with van der Waals surface area (Å²) in [5, 5.41) is 11.0. The molecule has 3 aromatic rings. The fourth-order valence-corrected chi connectivity index (χ4v) is 3.63.